The van der Waals surface area contributed by atoms with Crippen LogP contribution in [-0.4, -0.2) is 26.9 Å². The van der Waals surface area contributed by atoms with Gasteiger partial charge in [-0.1, -0.05) is 6.92 Å². The van der Waals surface area contributed by atoms with Crippen molar-refractivity contribution in [3.8, 4) is 0 Å². The van der Waals surface area contributed by atoms with E-state index in [4.69, 9.17) is 9.47 Å². The summed E-state index contributed by atoms with van der Waals surface area (Å²) < 4.78 is 10.7. The summed E-state index contributed by atoms with van der Waals surface area (Å²) in [7, 11) is 1.80. The third-order valence-electron chi connectivity index (χ3n) is 3.65. The van der Waals surface area contributed by atoms with Gasteiger partial charge in [-0.3, -0.25) is 0 Å². The van der Waals surface area contributed by atoms with Gasteiger partial charge in [-0.25, -0.2) is 0 Å². The molecule has 70 valence electrons. The molecule has 0 N–H and O–H groups in total. The van der Waals surface area contributed by atoms with Crippen molar-refractivity contribution < 1.29 is 9.47 Å². The van der Waals surface area contributed by atoms with Crippen LogP contribution in [-0.2, 0) is 9.47 Å². The molecule has 2 fully saturated rings. The van der Waals surface area contributed by atoms with E-state index >= 15 is 0 Å². The molecular formula is C10H18O2. The van der Waals surface area contributed by atoms with E-state index in [1.807, 2.05) is 0 Å². The first-order valence-electron chi connectivity index (χ1n) is 4.89. The van der Waals surface area contributed by atoms with Gasteiger partial charge in [-0.15, -0.1) is 0 Å². The summed E-state index contributed by atoms with van der Waals surface area (Å²) in [4.78, 5) is 0. The molecule has 0 spiro atoms. The van der Waals surface area contributed by atoms with Crippen LogP contribution >= 0.6 is 0 Å². The molecule has 4 atom stereocenters. The monoisotopic (exact) mass is 170 g/mol. The van der Waals surface area contributed by atoms with Crippen LogP contribution in [0.5, 0.6) is 0 Å². The lowest BCUT2D eigenvalue weighted by Gasteiger charge is -2.17. The van der Waals surface area contributed by atoms with E-state index < -0.39 is 0 Å². The van der Waals surface area contributed by atoms with Gasteiger partial charge >= 0.3 is 0 Å². The van der Waals surface area contributed by atoms with Gasteiger partial charge in [0.25, 0.3) is 0 Å². The zero-order valence-electron chi connectivity index (χ0n) is 7.95. The van der Waals surface area contributed by atoms with Gasteiger partial charge in [-0.05, 0) is 30.1 Å². The number of rotatable bonds is 2. The fourth-order valence-corrected chi connectivity index (χ4v) is 2.83. The van der Waals surface area contributed by atoms with Gasteiger partial charge < -0.3 is 9.47 Å². The molecule has 0 aromatic heterocycles. The van der Waals surface area contributed by atoms with Crippen molar-refractivity contribution in [2.24, 2.45) is 23.7 Å². The maximum Gasteiger partial charge on any atom is 0.0500 e. The molecule has 1 saturated heterocycles. The quantitative estimate of drug-likeness (QED) is 0.626. The second kappa shape index (κ2) is 3.35. The molecule has 2 heteroatoms. The average molecular weight is 170 g/mol. The van der Waals surface area contributed by atoms with Crippen molar-refractivity contribution in [1.82, 2.24) is 0 Å². The van der Waals surface area contributed by atoms with Gasteiger partial charge in [0.05, 0.1) is 6.61 Å². The van der Waals surface area contributed by atoms with E-state index in [1.165, 1.54) is 6.42 Å². The number of hydrogen-bond donors (Lipinski definition) is 0. The summed E-state index contributed by atoms with van der Waals surface area (Å²) in [6.07, 6.45) is 1.32. The normalized spacial score (nSPS) is 46.5. The first-order chi connectivity index (χ1) is 5.83. The Labute approximate surface area is 74.2 Å². The van der Waals surface area contributed by atoms with E-state index in [2.05, 4.69) is 6.92 Å². The van der Waals surface area contributed by atoms with Crippen LogP contribution in [0.25, 0.3) is 0 Å². The summed E-state index contributed by atoms with van der Waals surface area (Å²) in [6, 6.07) is 0. The standard InChI is InChI=1S/C10H18O2/c1-7-8(4-11-2)3-9-5-12-6-10(7)9/h7-10H,3-6H2,1-2H3/t7-,8?,9?,10?/m0/s1. The highest BCUT2D eigenvalue weighted by Gasteiger charge is 2.43. The summed E-state index contributed by atoms with van der Waals surface area (Å²) in [5.41, 5.74) is 0. The Hall–Kier alpha value is -0.0800. The van der Waals surface area contributed by atoms with Crippen molar-refractivity contribution in [3.63, 3.8) is 0 Å². The maximum absolute atomic E-state index is 5.47. The number of ether oxygens (including phenoxy) is 2. The van der Waals surface area contributed by atoms with Crippen molar-refractivity contribution in [2.75, 3.05) is 26.9 Å². The second-order valence-electron chi connectivity index (χ2n) is 4.27. The van der Waals surface area contributed by atoms with Crippen LogP contribution in [0.4, 0.5) is 0 Å². The molecule has 0 aromatic carbocycles. The van der Waals surface area contributed by atoms with Crippen LogP contribution in [0.15, 0.2) is 0 Å². The highest BCUT2D eigenvalue weighted by Crippen LogP contribution is 2.44. The Kier molecular flexibility index (Phi) is 2.37. The minimum Gasteiger partial charge on any atom is -0.384 e. The van der Waals surface area contributed by atoms with Crippen LogP contribution < -0.4 is 0 Å². The van der Waals surface area contributed by atoms with Crippen molar-refractivity contribution in [3.05, 3.63) is 0 Å². The van der Waals surface area contributed by atoms with Crippen LogP contribution in [0.2, 0.25) is 0 Å². The highest BCUT2D eigenvalue weighted by molar-refractivity contribution is 4.91. The van der Waals surface area contributed by atoms with Gasteiger partial charge in [0.1, 0.15) is 0 Å². The Morgan fingerprint density at radius 2 is 2.25 bits per heavy atom. The molecule has 1 saturated carbocycles. The SMILES string of the molecule is COCC1CC2COCC2[C@H]1C. The van der Waals surface area contributed by atoms with Crippen molar-refractivity contribution in [2.45, 2.75) is 13.3 Å². The Morgan fingerprint density at radius 3 is 2.92 bits per heavy atom. The fraction of sp³-hybridized carbons (Fsp3) is 1.00. The topological polar surface area (TPSA) is 18.5 Å². The first-order valence-corrected chi connectivity index (χ1v) is 4.89. The largest absolute Gasteiger partial charge is 0.384 e. The molecule has 12 heavy (non-hydrogen) atoms. The van der Waals surface area contributed by atoms with Crippen molar-refractivity contribution >= 4 is 0 Å². The lowest BCUT2D eigenvalue weighted by molar-refractivity contribution is 0.104. The third-order valence-corrected chi connectivity index (χ3v) is 3.65. The predicted molar refractivity (Wildman–Crippen MR) is 46.9 cm³/mol. The van der Waals surface area contributed by atoms with Gasteiger partial charge in [-0.2, -0.15) is 0 Å². The highest BCUT2D eigenvalue weighted by atomic mass is 16.5. The number of methoxy groups -OCH3 is 1. The molecule has 0 bridgehead atoms. The first kappa shape index (κ1) is 8.52. The number of fused-ring (bicyclic) bond motifs is 1. The third kappa shape index (κ3) is 1.27. The van der Waals surface area contributed by atoms with E-state index in [9.17, 15) is 0 Å². The summed E-state index contributed by atoms with van der Waals surface area (Å²) in [5, 5.41) is 0. The van der Waals surface area contributed by atoms with Gasteiger partial charge in [0, 0.05) is 20.3 Å². The Balaban J connectivity index is 1.96. The van der Waals surface area contributed by atoms with Gasteiger partial charge in [0.15, 0.2) is 0 Å². The molecule has 1 aliphatic heterocycles. The molecule has 2 aliphatic rings. The zero-order chi connectivity index (χ0) is 8.55. The van der Waals surface area contributed by atoms with Crippen LogP contribution in [0, 0.1) is 23.7 Å². The minimum atomic E-state index is 0.786. The summed E-state index contributed by atoms with van der Waals surface area (Å²) in [5.74, 6) is 3.25. The molecule has 1 heterocycles. The van der Waals surface area contributed by atoms with Crippen LogP contribution in [0.1, 0.15) is 13.3 Å². The molecule has 2 rings (SSSR count). The van der Waals surface area contributed by atoms with E-state index in [0.717, 1.165) is 43.5 Å². The van der Waals surface area contributed by atoms with Crippen molar-refractivity contribution in [1.29, 1.82) is 0 Å². The lowest BCUT2D eigenvalue weighted by atomic mass is 9.91. The number of hydrogen-bond acceptors (Lipinski definition) is 2. The smallest absolute Gasteiger partial charge is 0.0500 e. The fourth-order valence-electron chi connectivity index (χ4n) is 2.83. The minimum absolute atomic E-state index is 0.786. The average Bonchev–Trinajstić information content (AvgIpc) is 2.58. The Morgan fingerprint density at radius 1 is 1.42 bits per heavy atom. The molecule has 0 amide bonds. The predicted octanol–water partition coefficient (Wildman–Crippen LogP) is 1.55. The molecule has 1 aliphatic carbocycles. The lowest BCUT2D eigenvalue weighted by Crippen LogP contribution is -2.17. The van der Waals surface area contributed by atoms with Crippen LogP contribution in [0.3, 0.4) is 0 Å². The molecule has 0 aromatic rings. The molecule has 3 unspecified atom stereocenters. The second-order valence-corrected chi connectivity index (χ2v) is 4.27. The summed E-state index contributed by atoms with van der Waals surface area (Å²) in [6.45, 7) is 5.28. The molecule has 2 nitrogen and oxygen atoms in total. The Bertz CT molecular complexity index is 158. The summed E-state index contributed by atoms with van der Waals surface area (Å²) >= 11 is 0. The van der Waals surface area contributed by atoms with E-state index in [0.29, 0.717) is 0 Å². The zero-order valence-corrected chi connectivity index (χ0v) is 7.95. The molecular weight excluding hydrogens is 152 g/mol. The van der Waals surface area contributed by atoms with E-state index in [1.54, 1.807) is 7.11 Å². The molecule has 0 radical (unpaired) electrons. The van der Waals surface area contributed by atoms with Gasteiger partial charge in [0.2, 0.25) is 0 Å². The van der Waals surface area contributed by atoms with E-state index in [-0.39, 0.29) is 0 Å². The maximum atomic E-state index is 5.47.